The van der Waals surface area contributed by atoms with Crippen LogP contribution in [0.3, 0.4) is 0 Å². The molecule has 0 bridgehead atoms. The van der Waals surface area contributed by atoms with Crippen LogP contribution in [0.15, 0.2) is 0 Å². The van der Waals surface area contributed by atoms with E-state index in [1.807, 2.05) is 6.92 Å². The molecule has 3 rings (SSSR count). The van der Waals surface area contributed by atoms with Gasteiger partial charge in [-0.25, -0.2) is 0 Å². The van der Waals surface area contributed by atoms with Gasteiger partial charge in [-0.3, -0.25) is 4.79 Å². The number of rotatable bonds is 3. The number of aliphatic hydroxyl groups excluding tert-OH is 1. The highest BCUT2D eigenvalue weighted by atomic mass is 16.4. The van der Waals surface area contributed by atoms with E-state index in [0.717, 1.165) is 0 Å². The van der Waals surface area contributed by atoms with E-state index in [4.69, 9.17) is 0 Å². The molecule has 2 aliphatic rings. The molecule has 2 unspecified atom stereocenters. The highest BCUT2D eigenvalue weighted by molar-refractivity contribution is 5.86. The number of aliphatic hydroxyl groups is 1. The quantitative estimate of drug-likeness (QED) is 0.416. The number of hydrogen-bond donors (Lipinski definition) is 5. The normalized spacial score (nSPS) is 30.7. The number of carbonyl (C=O) groups is 1. The number of fused-ring (bicyclic) bond motifs is 3. The first-order valence-corrected chi connectivity index (χ1v) is 9.26. The molecule has 1 aromatic carbocycles. The van der Waals surface area contributed by atoms with Crippen LogP contribution in [0, 0.1) is 11.3 Å². The van der Waals surface area contributed by atoms with Gasteiger partial charge in [-0.05, 0) is 42.9 Å². The van der Waals surface area contributed by atoms with Gasteiger partial charge < -0.3 is 25.5 Å². The number of aromatic hydroxyl groups is 3. The van der Waals surface area contributed by atoms with Crippen molar-refractivity contribution < 1.29 is 30.3 Å². The molecule has 0 saturated heterocycles. The Morgan fingerprint density at radius 3 is 2.35 bits per heavy atom. The molecular weight excluding hydrogens is 336 g/mol. The Balaban J connectivity index is 2.36. The van der Waals surface area contributed by atoms with Gasteiger partial charge >= 0.3 is 5.97 Å². The Bertz CT molecular complexity index is 755. The Morgan fingerprint density at radius 1 is 1.15 bits per heavy atom. The van der Waals surface area contributed by atoms with Gasteiger partial charge in [-0.2, -0.15) is 0 Å². The summed E-state index contributed by atoms with van der Waals surface area (Å²) in [6.07, 6.45) is 2.52. The van der Waals surface area contributed by atoms with Crippen LogP contribution in [0.2, 0.25) is 0 Å². The van der Waals surface area contributed by atoms with Crippen molar-refractivity contribution in [3.05, 3.63) is 16.7 Å². The lowest BCUT2D eigenvalue weighted by Gasteiger charge is -2.54. The molecule has 0 radical (unpaired) electrons. The van der Waals surface area contributed by atoms with Crippen molar-refractivity contribution in [3.8, 4) is 17.2 Å². The average Bonchev–Trinajstić information content (AvgIpc) is 2.58. The molecule has 2 aliphatic carbocycles. The summed E-state index contributed by atoms with van der Waals surface area (Å²) in [6.45, 7) is 5.34. The van der Waals surface area contributed by atoms with Crippen LogP contribution in [0.4, 0.5) is 0 Å². The van der Waals surface area contributed by atoms with E-state index in [9.17, 15) is 30.3 Å². The summed E-state index contributed by atoms with van der Waals surface area (Å²) in [4.78, 5) is 12.5. The third-order valence-corrected chi connectivity index (χ3v) is 6.76. The smallest absolute Gasteiger partial charge is 0.314 e. The maximum Gasteiger partial charge on any atom is 0.314 e. The zero-order valence-electron chi connectivity index (χ0n) is 15.5. The number of benzene rings is 1. The van der Waals surface area contributed by atoms with Crippen LogP contribution in [0.1, 0.15) is 69.1 Å². The van der Waals surface area contributed by atoms with E-state index in [1.165, 1.54) is 0 Å². The van der Waals surface area contributed by atoms with Crippen LogP contribution in [-0.4, -0.2) is 38.1 Å². The minimum atomic E-state index is -1.42. The maximum absolute atomic E-state index is 12.5. The first kappa shape index (κ1) is 18.8. The molecule has 0 aromatic heterocycles. The van der Waals surface area contributed by atoms with E-state index in [2.05, 4.69) is 0 Å². The van der Waals surface area contributed by atoms with E-state index in [-0.39, 0.29) is 35.3 Å². The third-order valence-electron chi connectivity index (χ3n) is 6.76. The van der Waals surface area contributed by atoms with Crippen molar-refractivity contribution in [1.82, 2.24) is 0 Å². The third kappa shape index (κ3) is 2.24. The molecule has 0 amide bonds. The van der Waals surface area contributed by atoms with Crippen LogP contribution in [0.25, 0.3) is 0 Å². The Hall–Kier alpha value is -1.95. The van der Waals surface area contributed by atoms with Crippen molar-refractivity contribution >= 4 is 5.97 Å². The molecule has 0 aliphatic heterocycles. The number of carboxylic acid groups (broad SMARTS) is 1. The summed E-state index contributed by atoms with van der Waals surface area (Å²) in [5.41, 5.74) is -1.19. The molecule has 0 heterocycles. The van der Waals surface area contributed by atoms with Gasteiger partial charge in [0.1, 0.15) is 11.2 Å². The summed E-state index contributed by atoms with van der Waals surface area (Å²) in [5, 5.41) is 52.3. The number of hydrogen-bond acceptors (Lipinski definition) is 5. The Kier molecular flexibility index (Phi) is 4.38. The fourth-order valence-corrected chi connectivity index (χ4v) is 5.50. The van der Waals surface area contributed by atoms with Crippen LogP contribution >= 0.6 is 0 Å². The average molecular weight is 364 g/mol. The largest absolute Gasteiger partial charge is 0.507 e. The molecule has 6 nitrogen and oxygen atoms in total. The number of carboxylic acids is 1. The van der Waals surface area contributed by atoms with Gasteiger partial charge in [0.2, 0.25) is 0 Å². The molecule has 1 saturated carbocycles. The van der Waals surface area contributed by atoms with Crippen LogP contribution in [0.5, 0.6) is 17.2 Å². The lowest BCUT2D eigenvalue weighted by molar-refractivity contribution is -0.154. The zero-order chi connectivity index (χ0) is 19.4. The predicted molar refractivity (Wildman–Crippen MR) is 95.7 cm³/mol. The SMILES string of the molecule is CC(C)c1c(O)c(O)c2c(c1O)CCC1C(C)(CO)CCC[C@]21C(=O)O. The highest BCUT2D eigenvalue weighted by Crippen LogP contribution is 2.62. The van der Waals surface area contributed by atoms with Crippen molar-refractivity contribution in [1.29, 1.82) is 0 Å². The summed E-state index contributed by atoms with van der Waals surface area (Å²) >= 11 is 0. The van der Waals surface area contributed by atoms with Gasteiger partial charge in [0.15, 0.2) is 11.5 Å². The fourth-order valence-electron chi connectivity index (χ4n) is 5.50. The van der Waals surface area contributed by atoms with E-state index < -0.39 is 28.3 Å². The van der Waals surface area contributed by atoms with Crippen molar-refractivity contribution in [2.45, 2.75) is 64.2 Å². The second-order valence-electron chi connectivity index (χ2n) is 8.50. The molecule has 6 heteroatoms. The Morgan fingerprint density at radius 2 is 1.81 bits per heavy atom. The minimum absolute atomic E-state index is 0.111. The Labute approximate surface area is 153 Å². The van der Waals surface area contributed by atoms with Crippen LogP contribution < -0.4 is 0 Å². The number of aliphatic carboxylic acids is 1. The molecule has 5 N–H and O–H groups in total. The maximum atomic E-state index is 12.5. The molecule has 0 spiro atoms. The first-order chi connectivity index (χ1) is 12.1. The molecule has 3 atom stereocenters. The first-order valence-electron chi connectivity index (χ1n) is 9.26. The van der Waals surface area contributed by atoms with E-state index in [1.54, 1.807) is 13.8 Å². The van der Waals surface area contributed by atoms with Crippen LogP contribution in [-0.2, 0) is 16.6 Å². The van der Waals surface area contributed by atoms with Gasteiger partial charge in [-0.1, -0.05) is 27.2 Å². The molecule has 26 heavy (non-hydrogen) atoms. The monoisotopic (exact) mass is 364 g/mol. The summed E-state index contributed by atoms with van der Waals surface area (Å²) in [7, 11) is 0. The molecule has 1 aromatic rings. The predicted octanol–water partition coefficient (Wildman–Crippen LogP) is 2.99. The van der Waals surface area contributed by atoms with Crippen molar-refractivity contribution in [2.75, 3.05) is 6.61 Å². The van der Waals surface area contributed by atoms with Crippen molar-refractivity contribution in [2.24, 2.45) is 11.3 Å². The van der Waals surface area contributed by atoms with Gasteiger partial charge in [0, 0.05) is 23.3 Å². The lowest BCUT2D eigenvalue weighted by atomic mass is 9.49. The fraction of sp³-hybridized carbons (Fsp3) is 0.650. The summed E-state index contributed by atoms with van der Waals surface area (Å²) in [5.74, 6) is -2.66. The summed E-state index contributed by atoms with van der Waals surface area (Å²) < 4.78 is 0. The topological polar surface area (TPSA) is 118 Å². The molecular formula is C20H28O6. The summed E-state index contributed by atoms with van der Waals surface area (Å²) in [6, 6.07) is 0. The van der Waals surface area contributed by atoms with E-state index in [0.29, 0.717) is 37.7 Å². The van der Waals surface area contributed by atoms with Gasteiger partial charge in [0.25, 0.3) is 0 Å². The zero-order valence-corrected chi connectivity index (χ0v) is 15.5. The van der Waals surface area contributed by atoms with Gasteiger partial charge in [0.05, 0.1) is 0 Å². The van der Waals surface area contributed by atoms with Gasteiger partial charge in [-0.15, -0.1) is 0 Å². The number of phenolic OH excluding ortho intramolecular Hbond substituents is 3. The lowest BCUT2D eigenvalue weighted by Crippen LogP contribution is -2.56. The molecule has 1 fully saturated rings. The highest BCUT2D eigenvalue weighted by Gasteiger charge is 2.60. The standard InChI is InChI=1S/C20H28O6/c1-10(2)13-15(22)11-5-6-12-19(3,9-21)7-4-8-20(12,18(25)26)14(11)17(24)16(13)23/h10,12,21-24H,4-9H2,1-3H3,(H,25,26)/t12?,19?,20-/m1/s1. The van der Waals surface area contributed by atoms with E-state index >= 15 is 0 Å². The molecule has 144 valence electrons. The minimum Gasteiger partial charge on any atom is -0.507 e. The second kappa shape index (κ2) is 6.05. The number of phenols is 3. The van der Waals surface area contributed by atoms with Crippen molar-refractivity contribution in [3.63, 3.8) is 0 Å². The second-order valence-corrected chi connectivity index (χ2v) is 8.50.